The summed E-state index contributed by atoms with van der Waals surface area (Å²) >= 11 is 0. The SMILES string of the molecule is C=C(C)C(=O)OCCNC(=O)OC(COC(=O)C(=C)CC(C)(C)C(O)OCC(COC1=CC=CCC1)OC(O)NCCOC(=O)C(=C)C)COc1ccccc1. The minimum absolute atomic E-state index is 0.00421. The number of carbonyl (C=O) groups is 4. The van der Waals surface area contributed by atoms with Gasteiger partial charge in [0, 0.05) is 35.1 Å². The predicted molar refractivity (Wildman–Crippen MR) is 204 cm³/mol. The van der Waals surface area contributed by atoms with E-state index in [0.717, 1.165) is 6.42 Å². The van der Waals surface area contributed by atoms with E-state index < -0.39 is 54.3 Å². The lowest BCUT2D eigenvalue weighted by Crippen LogP contribution is -2.42. The number of carbonyl (C=O) groups excluding carboxylic acids is 4. The highest BCUT2D eigenvalue weighted by atomic mass is 16.7. The monoisotopic (exact) mass is 788 g/mol. The standard InChI is InChI=1S/C40H56N2O14/c1-27(2)34(43)49-20-18-41-38(47)55-32(23-51-30-14-10-8-11-15-30)25-53-36(45)29(5)22-40(6,7)37(46)54-26-33(24-52-31-16-12-9-13-17-31)56-39(48)42-19-21-50-35(44)28(3)4/h8-12,14-16,32-33,37,39,42,46,48H,1,3,5,13,17-26H2,2,4,6-7H3,(H,41,47). The highest BCUT2D eigenvalue weighted by molar-refractivity contribution is 5.88. The Kier molecular flexibility index (Phi) is 21.2. The second kappa shape index (κ2) is 25.2. The molecular formula is C40H56N2O14. The van der Waals surface area contributed by atoms with E-state index in [-0.39, 0.29) is 75.9 Å². The molecule has 1 aromatic carbocycles. The van der Waals surface area contributed by atoms with Crippen LogP contribution in [-0.4, -0.2) is 112 Å². The van der Waals surface area contributed by atoms with E-state index in [0.29, 0.717) is 17.9 Å². The molecule has 1 amide bonds. The number of para-hydroxylation sites is 1. The van der Waals surface area contributed by atoms with Crippen LogP contribution in [0.15, 0.2) is 90.8 Å². The zero-order valence-electron chi connectivity index (χ0n) is 32.6. The molecule has 0 saturated carbocycles. The van der Waals surface area contributed by atoms with Crippen molar-refractivity contribution in [2.45, 2.75) is 71.9 Å². The van der Waals surface area contributed by atoms with Gasteiger partial charge in [0.15, 0.2) is 12.4 Å². The summed E-state index contributed by atoms with van der Waals surface area (Å²) in [4.78, 5) is 48.6. The number of aliphatic hydroxyl groups is 2. The number of allylic oxidation sites excluding steroid dienone is 4. The van der Waals surface area contributed by atoms with E-state index in [1.807, 2.05) is 18.2 Å². The van der Waals surface area contributed by atoms with Crippen LogP contribution in [0.4, 0.5) is 4.79 Å². The summed E-state index contributed by atoms with van der Waals surface area (Å²) in [5.74, 6) is -0.756. The molecule has 1 aliphatic carbocycles. The number of esters is 3. The Morgan fingerprint density at radius 1 is 0.821 bits per heavy atom. The topological polar surface area (TPSA) is 207 Å². The van der Waals surface area contributed by atoms with Gasteiger partial charge in [-0.2, -0.15) is 0 Å². The van der Waals surface area contributed by atoms with E-state index in [2.05, 4.69) is 30.4 Å². The minimum Gasteiger partial charge on any atom is -0.495 e. The summed E-state index contributed by atoms with van der Waals surface area (Å²) in [5, 5.41) is 26.6. The minimum atomic E-state index is -1.49. The predicted octanol–water partition coefficient (Wildman–Crippen LogP) is 3.75. The first-order chi connectivity index (χ1) is 26.6. The van der Waals surface area contributed by atoms with Gasteiger partial charge in [-0.15, -0.1) is 0 Å². The normalized spacial score (nSPS) is 14.5. The molecule has 4 N–H and O–H groups in total. The highest BCUT2D eigenvalue weighted by Gasteiger charge is 2.33. The smallest absolute Gasteiger partial charge is 0.407 e. The maximum absolute atomic E-state index is 13.0. The molecule has 4 atom stereocenters. The zero-order valence-corrected chi connectivity index (χ0v) is 32.6. The van der Waals surface area contributed by atoms with Crippen molar-refractivity contribution < 1.29 is 67.3 Å². The fourth-order valence-electron chi connectivity index (χ4n) is 4.55. The zero-order chi connectivity index (χ0) is 41.5. The second-order valence-electron chi connectivity index (χ2n) is 13.4. The largest absolute Gasteiger partial charge is 0.495 e. The van der Waals surface area contributed by atoms with Crippen molar-refractivity contribution in [3.63, 3.8) is 0 Å². The third-order valence-electron chi connectivity index (χ3n) is 7.63. The fourth-order valence-corrected chi connectivity index (χ4v) is 4.55. The number of hydrogen-bond acceptors (Lipinski definition) is 15. The van der Waals surface area contributed by atoms with Crippen LogP contribution in [0.2, 0.25) is 0 Å². The number of nitrogens with one attached hydrogen (secondary N) is 2. The summed E-state index contributed by atoms with van der Waals surface area (Å²) in [6.07, 6.45) is 1.44. The highest BCUT2D eigenvalue weighted by Crippen LogP contribution is 2.30. The molecule has 2 rings (SSSR count). The first-order valence-electron chi connectivity index (χ1n) is 18.0. The van der Waals surface area contributed by atoms with Crippen molar-refractivity contribution in [2.24, 2.45) is 5.41 Å². The maximum atomic E-state index is 13.0. The molecule has 0 spiro atoms. The van der Waals surface area contributed by atoms with Gasteiger partial charge in [-0.1, -0.05) is 63.9 Å². The molecule has 0 saturated heterocycles. The van der Waals surface area contributed by atoms with Gasteiger partial charge in [0.1, 0.15) is 44.9 Å². The molecule has 0 fully saturated rings. The maximum Gasteiger partial charge on any atom is 0.407 e. The Labute approximate surface area is 328 Å². The van der Waals surface area contributed by atoms with E-state index in [4.69, 9.17) is 37.9 Å². The molecule has 0 bridgehead atoms. The lowest BCUT2D eigenvalue weighted by atomic mass is 9.85. The van der Waals surface area contributed by atoms with Crippen LogP contribution < -0.4 is 15.4 Å². The lowest BCUT2D eigenvalue weighted by molar-refractivity contribution is -0.219. The molecule has 56 heavy (non-hydrogen) atoms. The fraction of sp³-hybridized carbons (Fsp3) is 0.500. The van der Waals surface area contributed by atoms with Gasteiger partial charge in [-0.25, -0.2) is 19.2 Å². The Morgan fingerprint density at radius 3 is 2.09 bits per heavy atom. The number of ether oxygens (including phenoxy) is 8. The first-order valence-corrected chi connectivity index (χ1v) is 18.0. The molecule has 310 valence electrons. The molecular weight excluding hydrogens is 732 g/mol. The third kappa shape index (κ3) is 19.5. The van der Waals surface area contributed by atoms with Crippen molar-refractivity contribution in [3.05, 3.63) is 90.8 Å². The van der Waals surface area contributed by atoms with Crippen LogP contribution in [-0.2, 0) is 47.5 Å². The van der Waals surface area contributed by atoms with Crippen molar-refractivity contribution in [2.75, 3.05) is 52.7 Å². The molecule has 1 aliphatic rings. The van der Waals surface area contributed by atoms with Crippen LogP contribution in [0.25, 0.3) is 0 Å². The second-order valence-corrected chi connectivity index (χ2v) is 13.4. The van der Waals surface area contributed by atoms with Crippen molar-refractivity contribution in [1.29, 1.82) is 0 Å². The molecule has 0 aliphatic heterocycles. The number of amides is 1. The van der Waals surface area contributed by atoms with Gasteiger partial charge in [0.25, 0.3) is 0 Å². The Hall–Kier alpha value is -5.00. The van der Waals surface area contributed by atoms with Crippen LogP contribution in [0.3, 0.4) is 0 Å². The van der Waals surface area contributed by atoms with Crippen LogP contribution >= 0.6 is 0 Å². The van der Waals surface area contributed by atoms with Gasteiger partial charge < -0.3 is 53.4 Å². The van der Waals surface area contributed by atoms with Gasteiger partial charge in [-0.3, -0.25) is 5.32 Å². The van der Waals surface area contributed by atoms with E-state index in [9.17, 15) is 29.4 Å². The number of alkyl carbamates (subject to hydrolysis) is 1. The van der Waals surface area contributed by atoms with Gasteiger partial charge in [-0.05, 0) is 44.9 Å². The number of aliphatic hydroxyl groups excluding tert-OH is 2. The first kappa shape index (κ1) is 47.2. The Bertz CT molecular complexity index is 1520. The van der Waals surface area contributed by atoms with Crippen LogP contribution in [0, 0.1) is 5.41 Å². The molecule has 0 heterocycles. The van der Waals surface area contributed by atoms with Crippen molar-refractivity contribution >= 4 is 24.0 Å². The van der Waals surface area contributed by atoms with E-state index in [1.54, 1.807) is 44.2 Å². The van der Waals surface area contributed by atoms with E-state index >= 15 is 0 Å². The van der Waals surface area contributed by atoms with Gasteiger partial charge >= 0.3 is 24.0 Å². The summed E-state index contributed by atoms with van der Waals surface area (Å²) < 4.78 is 43.8. The summed E-state index contributed by atoms with van der Waals surface area (Å²) in [7, 11) is 0. The van der Waals surface area contributed by atoms with Gasteiger partial charge in [0.05, 0.1) is 18.9 Å². The molecule has 4 unspecified atom stereocenters. The quantitative estimate of drug-likeness (QED) is 0.0329. The summed E-state index contributed by atoms with van der Waals surface area (Å²) in [6, 6.07) is 8.74. The number of hydrogen-bond donors (Lipinski definition) is 4. The number of rotatable bonds is 27. The molecule has 0 aromatic heterocycles. The molecule has 1 aromatic rings. The van der Waals surface area contributed by atoms with Gasteiger partial charge in [0.2, 0.25) is 6.41 Å². The summed E-state index contributed by atoms with van der Waals surface area (Å²) in [5.41, 5.74) is -0.603. The average Bonchev–Trinajstić information content (AvgIpc) is 3.17. The van der Waals surface area contributed by atoms with Crippen LogP contribution in [0.1, 0.15) is 47.0 Å². The van der Waals surface area contributed by atoms with E-state index in [1.165, 1.54) is 13.8 Å². The van der Waals surface area contributed by atoms with Crippen molar-refractivity contribution in [3.8, 4) is 5.75 Å². The Balaban J connectivity index is 1.93. The summed E-state index contributed by atoms with van der Waals surface area (Å²) in [6.45, 7) is 16.3. The Morgan fingerprint density at radius 2 is 1.46 bits per heavy atom. The third-order valence-corrected chi connectivity index (χ3v) is 7.63. The molecule has 16 heteroatoms. The molecule has 16 nitrogen and oxygen atoms in total. The van der Waals surface area contributed by atoms with Crippen LogP contribution in [0.5, 0.6) is 5.75 Å². The number of benzene rings is 1. The molecule has 0 radical (unpaired) electrons. The van der Waals surface area contributed by atoms with Crippen molar-refractivity contribution in [1.82, 2.24) is 10.6 Å². The lowest BCUT2D eigenvalue weighted by Gasteiger charge is -2.32. The average molecular weight is 789 g/mol.